The van der Waals surface area contributed by atoms with Crippen molar-refractivity contribution in [2.45, 2.75) is 38.1 Å². The number of alkyl halides is 3. The first-order valence-electron chi connectivity index (χ1n) is 11.4. The van der Waals surface area contributed by atoms with Crippen LogP contribution in [0.3, 0.4) is 0 Å². The third kappa shape index (κ3) is 4.44. The third-order valence-electron chi connectivity index (χ3n) is 6.40. The number of carbonyl (C=O) groups excluding carboxylic acids is 2. The molecule has 1 aliphatic carbocycles. The van der Waals surface area contributed by atoms with E-state index in [0.29, 0.717) is 11.1 Å². The van der Waals surface area contributed by atoms with E-state index in [2.05, 4.69) is 9.72 Å². The van der Waals surface area contributed by atoms with Gasteiger partial charge in [-0.2, -0.15) is 0 Å². The number of Topliss-reactive ketones (excluding diaryl/α,β-unsaturated/α-hetero) is 1. The van der Waals surface area contributed by atoms with Gasteiger partial charge in [-0.3, -0.25) is 19.5 Å². The van der Waals surface area contributed by atoms with Crippen LogP contribution in [0.15, 0.2) is 72.6 Å². The summed E-state index contributed by atoms with van der Waals surface area (Å²) < 4.78 is 42.4. The number of halogens is 3. The average molecular weight is 494 g/mol. The molecule has 3 aromatic rings. The zero-order valence-corrected chi connectivity index (χ0v) is 19.0. The lowest BCUT2D eigenvalue weighted by molar-refractivity contribution is -0.274. The van der Waals surface area contributed by atoms with Gasteiger partial charge in [0.05, 0.1) is 11.6 Å². The second-order valence-corrected chi connectivity index (χ2v) is 8.69. The van der Waals surface area contributed by atoms with E-state index >= 15 is 0 Å². The van der Waals surface area contributed by atoms with Crippen molar-refractivity contribution in [3.63, 3.8) is 0 Å². The molecule has 0 radical (unpaired) electrons. The molecule has 1 atom stereocenters. The van der Waals surface area contributed by atoms with Crippen LogP contribution in [0.25, 0.3) is 5.76 Å². The topological polar surface area (TPSA) is 79.7 Å². The number of aliphatic hydroxyl groups is 1. The summed E-state index contributed by atoms with van der Waals surface area (Å²) in [6.07, 6.45) is 1.92. The predicted molar refractivity (Wildman–Crippen MR) is 125 cm³/mol. The number of benzene rings is 2. The Labute approximate surface area is 204 Å². The lowest BCUT2D eigenvalue weighted by Crippen LogP contribution is -2.29. The van der Waals surface area contributed by atoms with Gasteiger partial charge in [-0.1, -0.05) is 24.3 Å². The molecule has 1 fully saturated rings. The number of aromatic nitrogens is 1. The molecule has 36 heavy (non-hydrogen) atoms. The van der Waals surface area contributed by atoms with E-state index in [-0.39, 0.29) is 17.0 Å². The molecule has 1 aromatic heterocycles. The van der Waals surface area contributed by atoms with E-state index in [1.54, 1.807) is 18.2 Å². The largest absolute Gasteiger partial charge is 0.573 e. The normalized spacial score (nSPS) is 19.3. The zero-order chi connectivity index (χ0) is 25.4. The molecule has 1 saturated heterocycles. The quantitative estimate of drug-likeness (QED) is 0.295. The summed E-state index contributed by atoms with van der Waals surface area (Å²) in [5.41, 5.74) is 2.93. The Morgan fingerprint density at radius 1 is 1.00 bits per heavy atom. The molecule has 2 heterocycles. The lowest BCUT2D eigenvalue weighted by atomic mass is 9.89. The van der Waals surface area contributed by atoms with Crippen molar-refractivity contribution in [1.82, 2.24) is 4.98 Å². The minimum Gasteiger partial charge on any atom is -0.507 e. The van der Waals surface area contributed by atoms with Gasteiger partial charge in [-0.25, -0.2) is 0 Å². The summed E-state index contributed by atoms with van der Waals surface area (Å²) in [6.45, 7) is 0. The summed E-state index contributed by atoms with van der Waals surface area (Å²) in [5.74, 6) is -2.81. The average Bonchev–Trinajstić information content (AvgIpc) is 3.13. The SMILES string of the molecule is O=C1C(=O)N(c2cccc(OC(F)(F)F)c2)C(c2cccnc2)/C1=C(/O)c1ccc2c(c1)CCCC2. The molecule has 1 aliphatic heterocycles. The van der Waals surface area contributed by atoms with Gasteiger partial charge < -0.3 is 9.84 Å². The van der Waals surface area contributed by atoms with E-state index in [1.807, 2.05) is 12.1 Å². The minimum absolute atomic E-state index is 0.0113. The number of nitrogens with zero attached hydrogens (tertiary/aromatic N) is 2. The first kappa shape index (κ1) is 23.6. The molecular formula is C27H21F3N2O4. The minimum atomic E-state index is -4.93. The van der Waals surface area contributed by atoms with Crippen molar-refractivity contribution in [3.8, 4) is 5.75 Å². The fourth-order valence-electron chi connectivity index (χ4n) is 4.82. The molecule has 2 aliphatic rings. The maximum Gasteiger partial charge on any atom is 0.573 e. The van der Waals surface area contributed by atoms with Crippen LogP contribution in [0.5, 0.6) is 5.75 Å². The van der Waals surface area contributed by atoms with E-state index in [1.165, 1.54) is 30.1 Å². The van der Waals surface area contributed by atoms with Crippen LogP contribution in [-0.4, -0.2) is 28.1 Å². The summed E-state index contributed by atoms with van der Waals surface area (Å²) in [4.78, 5) is 31.6. The highest BCUT2D eigenvalue weighted by Crippen LogP contribution is 2.43. The smallest absolute Gasteiger partial charge is 0.507 e. The molecule has 9 heteroatoms. The highest BCUT2D eigenvalue weighted by atomic mass is 19.4. The van der Waals surface area contributed by atoms with Crippen LogP contribution in [-0.2, 0) is 22.4 Å². The van der Waals surface area contributed by atoms with Crippen molar-refractivity contribution >= 4 is 23.1 Å². The Kier molecular flexibility index (Phi) is 5.99. The molecule has 6 nitrogen and oxygen atoms in total. The van der Waals surface area contributed by atoms with Crippen molar-refractivity contribution in [2.75, 3.05) is 4.90 Å². The fraction of sp³-hybridized carbons (Fsp3) is 0.222. The number of carbonyl (C=O) groups is 2. The van der Waals surface area contributed by atoms with Gasteiger partial charge in [0.25, 0.3) is 11.7 Å². The van der Waals surface area contributed by atoms with Crippen LogP contribution in [0.4, 0.5) is 18.9 Å². The summed E-state index contributed by atoms with van der Waals surface area (Å²) in [5, 5.41) is 11.3. The number of ketones is 1. The Morgan fingerprint density at radius 3 is 2.50 bits per heavy atom. The van der Waals surface area contributed by atoms with Gasteiger partial charge in [-0.15, -0.1) is 13.2 Å². The summed E-state index contributed by atoms with van der Waals surface area (Å²) in [7, 11) is 0. The molecule has 1 amide bonds. The van der Waals surface area contributed by atoms with Gasteiger partial charge in [0.2, 0.25) is 0 Å². The van der Waals surface area contributed by atoms with Crippen LogP contribution in [0, 0.1) is 0 Å². The monoisotopic (exact) mass is 494 g/mol. The van der Waals surface area contributed by atoms with E-state index < -0.39 is 29.8 Å². The first-order chi connectivity index (χ1) is 17.2. The highest BCUT2D eigenvalue weighted by molar-refractivity contribution is 6.51. The molecule has 2 aromatic carbocycles. The van der Waals surface area contributed by atoms with Gasteiger partial charge >= 0.3 is 6.36 Å². The maximum absolute atomic E-state index is 13.2. The summed E-state index contributed by atoms with van der Waals surface area (Å²) >= 11 is 0. The maximum atomic E-state index is 13.2. The van der Waals surface area contributed by atoms with E-state index in [4.69, 9.17) is 0 Å². The molecule has 184 valence electrons. The summed E-state index contributed by atoms with van der Waals surface area (Å²) in [6, 6.07) is 12.4. The lowest BCUT2D eigenvalue weighted by Gasteiger charge is -2.25. The van der Waals surface area contributed by atoms with Crippen LogP contribution >= 0.6 is 0 Å². The number of anilines is 1. The number of aryl methyl sites for hydroxylation is 2. The number of amides is 1. The van der Waals surface area contributed by atoms with Crippen LogP contribution in [0.2, 0.25) is 0 Å². The van der Waals surface area contributed by atoms with Crippen molar-refractivity contribution in [1.29, 1.82) is 0 Å². The Bertz CT molecular complexity index is 1370. The van der Waals surface area contributed by atoms with Gasteiger partial charge in [-0.05, 0) is 66.6 Å². The van der Waals surface area contributed by atoms with E-state index in [9.17, 15) is 27.9 Å². The second kappa shape index (κ2) is 9.14. The second-order valence-electron chi connectivity index (χ2n) is 8.69. The highest BCUT2D eigenvalue weighted by Gasteiger charge is 2.47. The number of aliphatic hydroxyl groups excluding tert-OH is 1. The van der Waals surface area contributed by atoms with Crippen molar-refractivity contribution < 1.29 is 32.6 Å². The molecule has 1 unspecified atom stereocenters. The number of hydrogen-bond acceptors (Lipinski definition) is 5. The Morgan fingerprint density at radius 2 is 1.78 bits per heavy atom. The molecule has 5 rings (SSSR count). The van der Waals surface area contributed by atoms with Gasteiger partial charge in [0, 0.05) is 29.7 Å². The Hall–Kier alpha value is -4.14. The zero-order valence-electron chi connectivity index (χ0n) is 19.0. The molecule has 1 N–H and O–H groups in total. The predicted octanol–water partition coefficient (Wildman–Crippen LogP) is 5.49. The number of fused-ring (bicyclic) bond motifs is 1. The van der Waals surface area contributed by atoms with Gasteiger partial charge in [0.1, 0.15) is 11.5 Å². The van der Waals surface area contributed by atoms with Gasteiger partial charge in [0.15, 0.2) is 0 Å². The van der Waals surface area contributed by atoms with Crippen molar-refractivity contribution in [2.24, 2.45) is 0 Å². The number of rotatable bonds is 4. The molecule has 0 bridgehead atoms. The number of hydrogen-bond donors (Lipinski definition) is 1. The van der Waals surface area contributed by atoms with Crippen molar-refractivity contribution in [3.05, 3.63) is 94.8 Å². The van der Waals surface area contributed by atoms with Crippen LogP contribution in [0.1, 0.15) is 41.1 Å². The number of ether oxygens (including phenoxy) is 1. The molecule has 0 saturated carbocycles. The molecule has 0 spiro atoms. The fourth-order valence-corrected chi connectivity index (χ4v) is 4.82. The molecular weight excluding hydrogens is 473 g/mol. The standard InChI is InChI=1S/C27H21F3N2O4/c28-27(29,30)36-21-9-3-8-20(14-21)32-23(19-7-4-12-31-15-19)22(25(34)26(32)35)24(33)18-11-10-16-5-1-2-6-17(16)13-18/h3-4,7-15,23,33H,1-2,5-6H2/b24-22-. The third-order valence-corrected chi connectivity index (χ3v) is 6.40. The first-order valence-corrected chi connectivity index (χ1v) is 11.4. The number of pyridine rings is 1. The van der Waals surface area contributed by atoms with Crippen LogP contribution < -0.4 is 9.64 Å². The van der Waals surface area contributed by atoms with E-state index in [0.717, 1.165) is 48.3 Å². The Balaban J connectivity index is 1.65.